The third kappa shape index (κ3) is 3.47. The summed E-state index contributed by atoms with van der Waals surface area (Å²) in [5.74, 6) is 1.37. The maximum atomic E-state index is 10.3. The van der Waals surface area contributed by atoms with Crippen LogP contribution in [-0.2, 0) is 0 Å². The van der Waals surface area contributed by atoms with E-state index in [1.54, 1.807) is 0 Å². The molecule has 1 aromatic rings. The number of hydrogen-bond acceptors (Lipinski definition) is 3. The Morgan fingerprint density at radius 2 is 1.83 bits per heavy atom. The van der Waals surface area contributed by atoms with Gasteiger partial charge in [0.25, 0.3) is 0 Å². The quantitative estimate of drug-likeness (QED) is 0.860. The number of rotatable bonds is 4. The Morgan fingerprint density at radius 3 is 2.39 bits per heavy atom. The Balaban J connectivity index is 1.89. The molecule has 0 atom stereocenters. The van der Waals surface area contributed by atoms with Gasteiger partial charge in [0.1, 0.15) is 18.0 Å². The molecule has 0 amide bonds. The average molecular weight is 249 g/mol. The Bertz CT molecular complexity index is 367. The van der Waals surface area contributed by atoms with Gasteiger partial charge in [-0.25, -0.2) is 0 Å². The lowest BCUT2D eigenvalue weighted by atomic mass is 9.93. The molecule has 0 unspecified atom stereocenters. The summed E-state index contributed by atoms with van der Waals surface area (Å²) in [7, 11) is 0. The molecule has 0 radical (unpaired) electrons. The zero-order chi connectivity index (χ0) is 13.0. The van der Waals surface area contributed by atoms with E-state index in [0.29, 0.717) is 12.5 Å². The molecule has 2 rings (SSSR count). The van der Waals surface area contributed by atoms with Gasteiger partial charge in [0, 0.05) is 0 Å². The van der Waals surface area contributed by atoms with Crippen LogP contribution in [0.15, 0.2) is 24.3 Å². The molecule has 0 spiro atoms. The average Bonchev–Trinajstić information content (AvgIpc) is 2.38. The van der Waals surface area contributed by atoms with Crippen LogP contribution in [-0.4, -0.2) is 30.4 Å². The first-order valence-corrected chi connectivity index (χ1v) is 6.75. The third-order valence-corrected chi connectivity index (χ3v) is 3.59. The van der Waals surface area contributed by atoms with E-state index in [1.807, 2.05) is 12.1 Å². The molecule has 1 fully saturated rings. The van der Waals surface area contributed by atoms with Crippen LogP contribution in [0, 0.1) is 0 Å². The maximum Gasteiger partial charge on any atom is 0.119 e. The van der Waals surface area contributed by atoms with Gasteiger partial charge in [-0.3, -0.25) is 0 Å². The largest absolute Gasteiger partial charge is 0.491 e. The Labute approximate surface area is 109 Å². The topological polar surface area (TPSA) is 41.5 Å². The van der Waals surface area contributed by atoms with Crippen LogP contribution in [0.4, 0.5) is 0 Å². The molecule has 1 aliphatic rings. The second-order valence-corrected chi connectivity index (χ2v) is 5.49. The molecule has 2 N–H and O–H groups in total. The Morgan fingerprint density at radius 1 is 1.22 bits per heavy atom. The van der Waals surface area contributed by atoms with Crippen molar-refractivity contribution in [1.82, 2.24) is 5.32 Å². The maximum absolute atomic E-state index is 10.3. The van der Waals surface area contributed by atoms with Crippen molar-refractivity contribution in [3.05, 3.63) is 29.8 Å². The van der Waals surface area contributed by atoms with Gasteiger partial charge >= 0.3 is 0 Å². The Hall–Kier alpha value is -1.06. The van der Waals surface area contributed by atoms with E-state index in [9.17, 15) is 5.11 Å². The van der Waals surface area contributed by atoms with Gasteiger partial charge in [-0.05, 0) is 49.5 Å². The summed E-state index contributed by atoms with van der Waals surface area (Å²) in [6, 6.07) is 8.15. The molecule has 1 aliphatic heterocycles. The molecule has 100 valence electrons. The molecule has 0 bridgehead atoms. The molecule has 0 aromatic heterocycles. The molecule has 1 aromatic carbocycles. The van der Waals surface area contributed by atoms with Gasteiger partial charge < -0.3 is 15.2 Å². The Kier molecular flexibility index (Phi) is 4.25. The summed E-state index contributed by atoms with van der Waals surface area (Å²) in [6.45, 7) is 6.47. The standard InChI is InChI=1S/C15H23NO2/c1-12(2)13-3-5-14(6-4-13)18-11-15(17)7-9-16-10-8-15/h3-6,12,16-17H,7-11H2,1-2H3. The summed E-state index contributed by atoms with van der Waals surface area (Å²) in [4.78, 5) is 0. The predicted octanol–water partition coefficient (Wildman–Crippen LogP) is 2.30. The molecule has 1 saturated heterocycles. The molecular weight excluding hydrogens is 226 g/mol. The summed E-state index contributed by atoms with van der Waals surface area (Å²) in [6.07, 6.45) is 1.52. The number of benzene rings is 1. The van der Waals surface area contributed by atoms with E-state index >= 15 is 0 Å². The monoisotopic (exact) mass is 249 g/mol. The van der Waals surface area contributed by atoms with E-state index in [4.69, 9.17) is 4.74 Å². The van der Waals surface area contributed by atoms with Gasteiger partial charge in [0.2, 0.25) is 0 Å². The minimum atomic E-state index is -0.665. The van der Waals surface area contributed by atoms with E-state index < -0.39 is 5.60 Å². The highest BCUT2D eigenvalue weighted by atomic mass is 16.5. The van der Waals surface area contributed by atoms with E-state index in [2.05, 4.69) is 31.3 Å². The normalized spacial score (nSPS) is 18.9. The van der Waals surface area contributed by atoms with Crippen molar-refractivity contribution in [2.45, 2.75) is 38.2 Å². The smallest absolute Gasteiger partial charge is 0.119 e. The second-order valence-electron chi connectivity index (χ2n) is 5.49. The van der Waals surface area contributed by atoms with E-state index in [0.717, 1.165) is 31.7 Å². The summed E-state index contributed by atoms with van der Waals surface area (Å²) < 4.78 is 5.71. The first kappa shape index (κ1) is 13.4. The van der Waals surface area contributed by atoms with Crippen LogP contribution < -0.4 is 10.1 Å². The number of ether oxygens (including phenoxy) is 1. The first-order valence-electron chi connectivity index (χ1n) is 6.75. The summed E-state index contributed by atoms with van der Waals surface area (Å²) in [5, 5.41) is 13.6. The minimum Gasteiger partial charge on any atom is -0.491 e. The second kappa shape index (κ2) is 5.72. The fraction of sp³-hybridized carbons (Fsp3) is 0.600. The fourth-order valence-corrected chi connectivity index (χ4v) is 2.20. The van der Waals surface area contributed by atoms with Crippen molar-refractivity contribution in [2.24, 2.45) is 0 Å². The van der Waals surface area contributed by atoms with Crippen LogP contribution >= 0.6 is 0 Å². The summed E-state index contributed by atoms with van der Waals surface area (Å²) >= 11 is 0. The van der Waals surface area contributed by atoms with Crippen molar-refractivity contribution in [3.8, 4) is 5.75 Å². The van der Waals surface area contributed by atoms with Crippen molar-refractivity contribution >= 4 is 0 Å². The van der Waals surface area contributed by atoms with Crippen LogP contribution in [0.1, 0.15) is 38.2 Å². The minimum absolute atomic E-state index is 0.385. The van der Waals surface area contributed by atoms with Gasteiger partial charge in [-0.15, -0.1) is 0 Å². The van der Waals surface area contributed by atoms with Crippen molar-refractivity contribution < 1.29 is 9.84 Å². The van der Waals surface area contributed by atoms with Crippen molar-refractivity contribution in [1.29, 1.82) is 0 Å². The number of piperidine rings is 1. The molecule has 3 nitrogen and oxygen atoms in total. The predicted molar refractivity (Wildman–Crippen MR) is 73.1 cm³/mol. The van der Waals surface area contributed by atoms with Crippen molar-refractivity contribution in [2.75, 3.05) is 19.7 Å². The van der Waals surface area contributed by atoms with E-state index in [1.165, 1.54) is 5.56 Å². The lowest BCUT2D eigenvalue weighted by Crippen LogP contribution is -2.45. The summed E-state index contributed by atoms with van der Waals surface area (Å²) in [5.41, 5.74) is 0.644. The number of nitrogens with one attached hydrogen (secondary N) is 1. The molecule has 0 saturated carbocycles. The lowest BCUT2D eigenvalue weighted by Gasteiger charge is -2.32. The van der Waals surface area contributed by atoms with Crippen LogP contribution in [0.2, 0.25) is 0 Å². The molecular formula is C15H23NO2. The highest BCUT2D eigenvalue weighted by molar-refractivity contribution is 5.28. The number of aliphatic hydroxyl groups is 1. The zero-order valence-electron chi connectivity index (χ0n) is 11.3. The van der Waals surface area contributed by atoms with Gasteiger partial charge in [-0.2, -0.15) is 0 Å². The van der Waals surface area contributed by atoms with Gasteiger partial charge in [-0.1, -0.05) is 26.0 Å². The highest BCUT2D eigenvalue weighted by Crippen LogP contribution is 2.22. The van der Waals surface area contributed by atoms with Gasteiger partial charge in [0.15, 0.2) is 0 Å². The lowest BCUT2D eigenvalue weighted by molar-refractivity contribution is -0.0286. The fourth-order valence-electron chi connectivity index (χ4n) is 2.20. The molecule has 18 heavy (non-hydrogen) atoms. The van der Waals surface area contributed by atoms with Crippen LogP contribution in [0.3, 0.4) is 0 Å². The SMILES string of the molecule is CC(C)c1ccc(OCC2(O)CCNCC2)cc1. The molecule has 1 heterocycles. The van der Waals surface area contributed by atoms with Crippen molar-refractivity contribution in [3.63, 3.8) is 0 Å². The third-order valence-electron chi connectivity index (χ3n) is 3.59. The highest BCUT2D eigenvalue weighted by Gasteiger charge is 2.29. The molecule has 0 aliphatic carbocycles. The van der Waals surface area contributed by atoms with Crippen LogP contribution in [0.25, 0.3) is 0 Å². The zero-order valence-corrected chi connectivity index (χ0v) is 11.3. The van der Waals surface area contributed by atoms with Gasteiger partial charge in [0.05, 0.1) is 0 Å². The molecule has 3 heteroatoms. The van der Waals surface area contributed by atoms with E-state index in [-0.39, 0.29) is 0 Å². The number of hydrogen-bond donors (Lipinski definition) is 2. The van der Waals surface area contributed by atoms with Crippen LogP contribution in [0.5, 0.6) is 5.75 Å². The first-order chi connectivity index (χ1) is 8.59.